The first-order valence-corrected chi connectivity index (χ1v) is 9.87. The molecule has 14 nitrogen and oxygen atoms in total. The van der Waals surface area contributed by atoms with E-state index in [1.54, 1.807) is 0 Å². The third kappa shape index (κ3) is 5.16. The predicted octanol–water partition coefficient (Wildman–Crippen LogP) is -0.955. The minimum atomic E-state index is -1.66. The molecule has 0 amide bonds. The molecule has 0 spiro atoms. The van der Waals surface area contributed by atoms with Gasteiger partial charge in [0.15, 0.2) is 35.0 Å². The molecule has 14 heteroatoms. The van der Waals surface area contributed by atoms with Crippen LogP contribution in [0.3, 0.4) is 0 Å². The molecule has 35 heavy (non-hydrogen) atoms. The molecular weight excluding hydrogens is 476 g/mol. The third-order valence-corrected chi connectivity index (χ3v) is 5.11. The van der Waals surface area contributed by atoms with Crippen molar-refractivity contribution < 1.29 is 69.4 Å². The van der Waals surface area contributed by atoms with E-state index in [-0.39, 0.29) is 0 Å². The fourth-order valence-corrected chi connectivity index (χ4v) is 3.18. The Hall–Kier alpha value is -3.82. The molecule has 1 saturated heterocycles. The second kappa shape index (κ2) is 10.2. The zero-order valence-corrected chi connectivity index (χ0v) is 17.9. The first kappa shape index (κ1) is 25.8. The van der Waals surface area contributed by atoms with Crippen molar-refractivity contribution in [2.24, 2.45) is 0 Å². The van der Waals surface area contributed by atoms with E-state index in [0.29, 0.717) is 0 Å². The first-order valence-electron chi connectivity index (χ1n) is 9.87. The molecule has 1 aliphatic rings. The maximum Gasteiger partial charge on any atom is 0.344 e. The van der Waals surface area contributed by atoms with Gasteiger partial charge in [-0.25, -0.2) is 9.59 Å². The lowest BCUT2D eigenvalue weighted by Gasteiger charge is -2.39. The number of aromatic hydroxyl groups is 5. The minimum Gasteiger partial charge on any atom is -0.504 e. The predicted molar refractivity (Wildman–Crippen MR) is 110 cm³/mol. The smallest absolute Gasteiger partial charge is 0.344 e. The molecule has 1 aliphatic heterocycles. The molecule has 0 bridgehead atoms. The fourth-order valence-electron chi connectivity index (χ4n) is 3.18. The first-order chi connectivity index (χ1) is 16.5. The fraction of sp³-hybridized carbons (Fsp3) is 0.333. The number of esters is 2. The Morgan fingerprint density at radius 1 is 0.857 bits per heavy atom. The number of phenols is 5. The van der Waals surface area contributed by atoms with Crippen LogP contribution in [0.5, 0.6) is 34.5 Å². The Kier molecular flexibility index (Phi) is 7.52. The van der Waals surface area contributed by atoms with Crippen LogP contribution in [-0.4, -0.2) is 97.2 Å². The van der Waals surface area contributed by atoms with Gasteiger partial charge < -0.3 is 59.8 Å². The Morgan fingerprint density at radius 2 is 1.49 bits per heavy atom. The molecule has 8 N–H and O–H groups in total. The van der Waals surface area contributed by atoms with Gasteiger partial charge in [-0.3, -0.25) is 0 Å². The molecule has 0 aromatic heterocycles. The van der Waals surface area contributed by atoms with Gasteiger partial charge in [-0.2, -0.15) is 0 Å². The van der Waals surface area contributed by atoms with Crippen molar-refractivity contribution in [1.82, 2.24) is 0 Å². The Morgan fingerprint density at radius 3 is 2.09 bits per heavy atom. The van der Waals surface area contributed by atoms with Crippen LogP contribution < -0.4 is 4.74 Å². The number of hydrogen-bond donors (Lipinski definition) is 8. The van der Waals surface area contributed by atoms with E-state index in [4.69, 9.17) is 18.9 Å². The maximum absolute atomic E-state index is 12.5. The molecule has 0 unspecified atom stereocenters. The van der Waals surface area contributed by atoms with Crippen molar-refractivity contribution in [1.29, 1.82) is 0 Å². The van der Waals surface area contributed by atoms with Gasteiger partial charge in [0, 0.05) is 7.11 Å². The average molecular weight is 498 g/mol. The molecule has 1 heterocycles. The molecular formula is C21H22O14. The van der Waals surface area contributed by atoms with Gasteiger partial charge in [-0.15, -0.1) is 0 Å². The van der Waals surface area contributed by atoms with Crippen LogP contribution in [0.15, 0.2) is 24.3 Å². The lowest BCUT2D eigenvalue weighted by atomic mass is 9.99. The maximum atomic E-state index is 12.5. The second-order valence-corrected chi connectivity index (χ2v) is 7.41. The number of benzene rings is 2. The highest BCUT2D eigenvalue weighted by molar-refractivity contribution is 5.96. The highest BCUT2D eigenvalue weighted by Crippen LogP contribution is 2.40. The number of carbonyl (C=O) groups is 2. The summed E-state index contributed by atoms with van der Waals surface area (Å²) in [6.45, 7) is -0.648. The molecule has 5 atom stereocenters. The van der Waals surface area contributed by atoms with Crippen LogP contribution in [0.2, 0.25) is 0 Å². The summed E-state index contributed by atoms with van der Waals surface area (Å²) in [6, 6.07) is 3.34. The number of phenolic OH excluding ortho intramolecular Hbond substituents is 5. The van der Waals surface area contributed by atoms with Crippen LogP contribution in [0.25, 0.3) is 0 Å². The topological polar surface area (TPSA) is 233 Å². The number of hydrogen-bond acceptors (Lipinski definition) is 14. The number of carbonyl (C=O) groups excluding carboxylic acids is 2. The van der Waals surface area contributed by atoms with Crippen LogP contribution in [0.1, 0.15) is 20.7 Å². The summed E-state index contributed by atoms with van der Waals surface area (Å²) >= 11 is 0. The van der Waals surface area contributed by atoms with Crippen molar-refractivity contribution in [3.8, 4) is 34.5 Å². The van der Waals surface area contributed by atoms with Gasteiger partial charge in [0.1, 0.15) is 36.6 Å². The summed E-state index contributed by atoms with van der Waals surface area (Å²) in [4.78, 5) is 24.8. The average Bonchev–Trinajstić information content (AvgIpc) is 2.82. The van der Waals surface area contributed by atoms with E-state index in [0.717, 1.165) is 24.3 Å². The largest absolute Gasteiger partial charge is 0.504 e. The Balaban J connectivity index is 1.76. The van der Waals surface area contributed by atoms with Gasteiger partial charge >= 0.3 is 11.9 Å². The van der Waals surface area contributed by atoms with Crippen LogP contribution in [0, 0.1) is 0 Å². The van der Waals surface area contributed by atoms with Crippen LogP contribution in [0.4, 0.5) is 0 Å². The lowest BCUT2D eigenvalue weighted by Crippen LogP contribution is -2.59. The van der Waals surface area contributed by atoms with Gasteiger partial charge in [0.05, 0.1) is 5.56 Å². The highest BCUT2D eigenvalue weighted by Gasteiger charge is 2.44. The van der Waals surface area contributed by atoms with Crippen molar-refractivity contribution in [2.45, 2.75) is 30.7 Å². The number of aliphatic hydroxyl groups is 3. The Labute approximate surface area is 196 Å². The molecule has 1 fully saturated rings. The zero-order chi connectivity index (χ0) is 26.0. The summed E-state index contributed by atoms with van der Waals surface area (Å²) in [7, 11) is 1.18. The highest BCUT2D eigenvalue weighted by atomic mass is 16.7. The van der Waals surface area contributed by atoms with Gasteiger partial charge in [-0.05, 0) is 24.3 Å². The SMILES string of the molecule is CO[C@@H]1O[C@H](COC(=O)c2ccc(O)c(OC(=O)c3cc(O)c(O)c(O)c3)c2O)[C@@H](O)[C@H](O)[C@H]1O. The van der Waals surface area contributed by atoms with E-state index in [9.17, 15) is 50.4 Å². The van der Waals surface area contributed by atoms with E-state index in [1.807, 2.05) is 0 Å². The van der Waals surface area contributed by atoms with Crippen molar-refractivity contribution in [3.05, 3.63) is 35.4 Å². The van der Waals surface area contributed by atoms with Gasteiger partial charge in [0.25, 0.3) is 0 Å². The molecule has 2 aromatic rings. The van der Waals surface area contributed by atoms with Crippen molar-refractivity contribution in [2.75, 3.05) is 13.7 Å². The van der Waals surface area contributed by atoms with E-state index in [1.165, 1.54) is 7.11 Å². The summed E-state index contributed by atoms with van der Waals surface area (Å²) in [6.07, 6.45) is -7.49. The monoisotopic (exact) mass is 498 g/mol. The lowest BCUT2D eigenvalue weighted by molar-refractivity contribution is -0.294. The normalized spacial score (nSPS) is 24.1. The van der Waals surface area contributed by atoms with Gasteiger partial charge in [0.2, 0.25) is 5.75 Å². The molecule has 0 radical (unpaired) electrons. The van der Waals surface area contributed by atoms with Crippen molar-refractivity contribution in [3.63, 3.8) is 0 Å². The number of rotatable bonds is 6. The molecule has 190 valence electrons. The zero-order valence-electron chi connectivity index (χ0n) is 17.9. The number of aliphatic hydroxyl groups excluding tert-OH is 3. The summed E-state index contributed by atoms with van der Waals surface area (Å²) in [5.74, 6) is -7.69. The Bertz CT molecular complexity index is 1090. The minimum absolute atomic E-state index is 0.471. The van der Waals surface area contributed by atoms with E-state index >= 15 is 0 Å². The molecule has 3 rings (SSSR count). The van der Waals surface area contributed by atoms with Crippen LogP contribution in [-0.2, 0) is 14.2 Å². The third-order valence-electron chi connectivity index (χ3n) is 5.11. The summed E-state index contributed by atoms with van der Waals surface area (Å²) in [5.41, 5.74) is -1.04. The van der Waals surface area contributed by atoms with Crippen molar-refractivity contribution >= 4 is 11.9 Å². The van der Waals surface area contributed by atoms with E-state index in [2.05, 4.69) is 0 Å². The molecule has 2 aromatic carbocycles. The van der Waals surface area contributed by atoms with E-state index < -0.39 is 94.9 Å². The standard InChI is InChI=1S/C21H22O14/c1-32-21-17(29)16(28)15(27)12(34-21)6-33-20(31)8-2-3-9(22)18(13(8)25)35-19(30)7-4-10(23)14(26)11(24)5-7/h2-5,12,15-17,21-29H,6H2,1H3/t12-,15-,16+,17-,21-/m1/s1. The number of methoxy groups -OCH3 is 1. The molecule has 0 saturated carbocycles. The van der Waals surface area contributed by atoms with Crippen LogP contribution >= 0.6 is 0 Å². The van der Waals surface area contributed by atoms with Gasteiger partial charge in [-0.1, -0.05) is 0 Å². The molecule has 0 aliphatic carbocycles. The quantitative estimate of drug-likeness (QED) is 0.136. The second-order valence-electron chi connectivity index (χ2n) is 7.41. The summed E-state index contributed by atoms with van der Waals surface area (Å²) in [5, 5.41) is 78.5. The summed E-state index contributed by atoms with van der Waals surface area (Å²) < 4.78 is 19.9. The number of ether oxygens (including phenoxy) is 4.